The Kier molecular flexibility index (Phi) is 6.39. The first-order valence-electron chi connectivity index (χ1n) is 6.03. The first-order valence-corrected chi connectivity index (χ1v) is 6.03. The van der Waals surface area contributed by atoms with E-state index in [4.69, 9.17) is 4.74 Å². The summed E-state index contributed by atoms with van der Waals surface area (Å²) in [6, 6.07) is 5.87. The molecule has 0 aromatic heterocycles. The van der Waals surface area contributed by atoms with Crippen molar-refractivity contribution >= 4 is 11.8 Å². The Morgan fingerprint density at radius 1 is 1.40 bits per heavy atom. The molecule has 1 unspecified atom stereocenters. The molecule has 0 saturated carbocycles. The Morgan fingerprint density at radius 2 is 2.10 bits per heavy atom. The summed E-state index contributed by atoms with van der Waals surface area (Å²) in [7, 11) is 1.44. The molecule has 0 aliphatic heterocycles. The second-order valence-corrected chi connectivity index (χ2v) is 3.99. The summed E-state index contributed by atoms with van der Waals surface area (Å²) >= 11 is 0. The zero-order chi connectivity index (χ0) is 15.0. The van der Waals surface area contributed by atoms with Crippen LogP contribution in [0.1, 0.15) is 11.7 Å². The molecule has 1 aromatic rings. The van der Waals surface area contributed by atoms with Crippen molar-refractivity contribution in [3.05, 3.63) is 48.3 Å². The van der Waals surface area contributed by atoms with Crippen LogP contribution in [0.3, 0.4) is 0 Å². The number of rotatable bonds is 6. The highest BCUT2D eigenvalue weighted by Crippen LogP contribution is 2.16. The molecular weight excluding hydrogens is 263 g/mol. The number of hydrogen-bond acceptors (Lipinski definition) is 3. The van der Waals surface area contributed by atoms with Gasteiger partial charge >= 0.3 is 11.8 Å². The minimum Gasteiger partial charge on any atom is -0.375 e. The van der Waals surface area contributed by atoms with Crippen LogP contribution in [-0.4, -0.2) is 32.0 Å². The molecule has 1 aromatic carbocycles. The van der Waals surface area contributed by atoms with E-state index >= 15 is 0 Å². The Morgan fingerprint density at radius 3 is 2.70 bits per heavy atom. The van der Waals surface area contributed by atoms with Gasteiger partial charge in [0.1, 0.15) is 5.82 Å². The molecule has 5 nitrogen and oxygen atoms in total. The van der Waals surface area contributed by atoms with Crippen molar-refractivity contribution < 1.29 is 18.7 Å². The van der Waals surface area contributed by atoms with Gasteiger partial charge in [0.25, 0.3) is 0 Å². The lowest BCUT2D eigenvalue weighted by Crippen LogP contribution is -2.41. The average Bonchev–Trinajstić information content (AvgIpc) is 2.45. The van der Waals surface area contributed by atoms with Crippen molar-refractivity contribution in [3.63, 3.8) is 0 Å². The number of carbonyl (C=O) groups is 2. The molecule has 20 heavy (non-hydrogen) atoms. The van der Waals surface area contributed by atoms with Gasteiger partial charge in [-0.1, -0.05) is 18.2 Å². The summed E-state index contributed by atoms with van der Waals surface area (Å²) in [6.07, 6.45) is 0.942. The highest BCUT2D eigenvalue weighted by molar-refractivity contribution is 6.35. The van der Waals surface area contributed by atoms with Gasteiger partial charge in [-0.25, -0.2) is 4.39 Å². The van der Waals surface area contributed by atoms with E-state index < -0.39 is 17.9 Å². The number of halogens is 1. The van der Waals surface area contributed by atoms with Crippen LogP contribution in [-0.2, 0) is 14.3 Å². The lowest BCUT2D eigenvalue weighted by atomic mass is 10.1. The minimum absolute atomic E-state index is 0.0697. The second-order valence-electron chi connectivity index (χ2n) is 3.99. The molecule has 6 heteroatoms. The Bertz CT molecular complexity index is 491. The van der Waals surface area contributed by atoms with Crippen LogP contribution >= 0.6 is 0 Å². The Hall–Kier alpha value is -2.21. The van der Waals surface area contributed by atoms with E-state index in [0.29, 0.717) is 5.56 Å². The van der Waals surface area contributed by atoms with E-state index in [-0.39, 0.29) is 18.9 Å². The molecule has 2 amide bonds. The van der Waals surface area contributed by atoms with Crippen molar-refractivity contribution in [1.82, 2.24) is 10.6 Å². The lowest BCUT2D eigenvalue weighted by molar-refractivity contribution is -0.139. The third kappa shape index (κ3) is 4.81. The molecule has 0 radical (unpaired) electrons. The SMILES string of the molecule is C=CCNC(=O)C(=O)NCC(OC)c1cccc(F)c1. The van der Waals surface area contributed by atoms with Crippen LogP contribution in [0.25, 0.3) is 0 Å². The van der Waals surface area contributed by atoms with Crippen molar-refractivity contribution in [2.45, 2.75) is 6.10 Å². The Balaban J connectivity index is 2.55. The van der Waals surface area contributed by atoms with Crippen molar-refractivity contribution in [3.8, 4) is 0 Å². The van der Waals surface area contributed by atoms with Gasteiger partial charge in [-0.3, -0.25) is 9.59 Å². The van der Waals surface area contributed by atoms with Crippen LogP contribution in [0.15, 0.2) is 36.9 Å². The molecule has 2 N–H and O–H groups in total. The van der Waals surface area contributed by atoms with Gasteiger partial charge in [0.15, 0.2) is 0 Å². The van der Waals surface area contributed by atoms with Crippen LogP contribution in [0, 0.1) is 5.82 Å². The summed E-state index contributed by atoms with van der Waals surface area (Å²) < 4.78 is 18.3. The summed E-state index contributed by atoms with van der Waals surface area (Å²) in [4.78, 5) is 22.8. The van der Waals surface area contributed by atoms with E-state index in [1.165, 1.54) is 25.3 Å². The summed E-state index contributed by atoms with van der Waals surface area (Å²) in [5.74, 6) is -1.91. The predicted octanol–water partition coefficient (Wildman–Crippen LogP) is 0.932. The van der Waals surface area contributed by atoms with E-state index in [2.05, 4.69) is 17.2 Å². The standard InChI is InChI=1S/C14H17FN2O3/c1-3-7-16-13(18)14(19)17-9-12(20-2)10-5-4-6-11(15)8-10/h3-6,8,12H,1,7,9H2,2H3,(H,16,18)(H,17,19). The smallest absolute Gasteiger partial charge is 0.309 e. The highest BCUT2D eigenvalue weighted by Gasteiger charge is 2.16. The normalized spacial score (nSPS) is 11.5. The zero-order valence-corrected chi connectivity index (χ0v) is 11.2. The third-order valence-corrected chi connectivity index (χ3v) is 2.57. The summed E-state index contributed by atoms with van der Waals surface area (Å²) in [5.41, 5.74) is 0.583. The predicted molar refractivity (Wildman–Crippen MR) is 72.4 cm³/mol. The second kappa shape index (κ2) is 8.06. The molecule has 0 aliphatic rings. The molecule has 1 rings (SSSR count). The number of ether oxygens (including phenoxy) is 1. The number of methoxy groups -OCH3 is 1. The molecule has 0 fully saturated rings. The lowest BCUT2D eigenvalue weighted by Gasteiger charge is -2.16. The highest BCUT2D eigenvalue weighted by atomic mass is 19.1. The maximum atomic E-state index is 13.1. The maximum absolute atomic E-state index is 13.1. The van der Waals surface area contributed by atoms with Crippen LogP contribution in [0.4, 0.5) is 4.39 Å². The number of amides is 2. The van der Waals surface area contributed by atoms with Crippen molar-refractivity contribution in [1.29, 1.82) is 0 Å². The van der Waals surface area contributed by atoms with E-state index in [1.54, 1.807) is 12.1 Å². The van der Waals surface area contributed by atoms with Gasteiger partial charge in [0.05, 0.1) is 6.10 Å². The van der Waals surface area contributed by atoms with E-state index in [0.717, 1.165) is 0 Å². The number of hydrogen-bond donors (Lipinski definition) is 2. The van der Waals surface area contributed by atoms with E-state index in [1.807, 2.05) is 0 Å². The van der Waals surface area contributed by atoms with E-state index in [9.17, 15) is 14.0 Å². The van der Waals surface area contributed by atoms with Gasteiger partial charge in [-0.2, -0.15) is 0 Å². The number of nitrogens with one attached hydrogen (secondary N) is 2. The average molecular weight is 280 g/mol. The Labute approximate surface area is 116 Å². The maximum Gasteiger partial charge on any atom is 0.309 e. The van der Waals surface area contributed by atoms with Crippen LogP contribution in [0.5, 0.6) is 0 Å². The summed E-state index contributed by atoms with van der Waals surface area (Å²) in [6.45, 7) is 3.71. The minimum atomic E-state index is -0.773. The fourth-order valence-electron chi connectivity index (χ4n) is 1.55. The molecule has 108 valence electrons. The first kappa shape index (κ1) is 15.8. The van der Waals surface area contributed by atoms with Crippen molar-refractivity contribution in [2.24, 2.45) is 0 Å². The molecule has 0 bridgehead atoms. The third-order valence-electron chi connectivity index (χ3n) is 2.57. The van der Waals surface area contributed by atoms with Gasteiger partial charge in [0, 0.05) is 20.2 Å². The van der Waals surface area contributed by atoms with Gasteiger partial charge < -0.3 is 15.4 Å². The molecule has 0 heterocycles. The van der Waals surface area contributed by atoms with Gasteiger partial charge in [-0.05, 0) is 17.7 Å². The zero-order valence-electron chi connectivity index (χ0n) is 11.2. The molecule has 0 spiro atoms. The van der Waals surface area contributed by atoms with Crippen LogP contribution in [0.2, 0.25) is 0 Å². The molecule has 0 aliphatic carbocycles. The molecule has 0 saturated heterocycles. The topological polar surface area (TPSA) is 67.4 Å². The monoisotopic (exact) mass is 280 g/mol. The van der Waals surface area contributed by atoms with Gasteiger partial charge in [-0.15, -0.1) is 6.58 Å². The fourth-order valence-corrected chi connectivity index (χ4v) is 1.55. The molecule has 1 atom stereocenters. The van der Waals surface area contributed by atoms with Crippen LogP contribution < -0.4 is 10.6 Å². The summed E-state index contributed by atoms with van der Waals surface area (Å²) in [5, 5.41) is 4.78. The largest absolute Gasteiger partial charge is 0.375 e. The fraction of sp³-hybridized carbons (Fsp3) is 0.286. The molecular formula is C14H17FN2O3. The first-order chi connectivity index (χ1) is 9.58. The van der Waals surface area contributed by atoms with Gasteiger partial charge in [0.2, 0.25) is 0 Å². The van der Waals surface area contributed by atoms with Crippen molar-refractivity contribution in [2.75, 3.05) is 20.2 Å². The number of carbonyl (C=O) groups excluding carboxylic acids is 2. The quantitative estimate of drug-likeness (QED) is 0.602. The number of benzene rings is 1.